The Hall–Kier alpha value is -4.38. The van der Waals surface area contributed by atoms with Gasteiger partial charge in [-0.2, -0.15) is 0 Å². The Morgan fingerprint density at radius 1 is 1.17 bits per heavy atom. The van der Waals surface area contributed by atoms with Crippen LogP contribution in [0.2, 0.25) is 0 Å². The van der Waals surface area contributed by atoms with Crippen molar-refractivity contribution >= 4 is 29.2 Å². The van der Waals surface area contributed by atoms with Gasteiger partial charge in [-0.05, 0) is 44.5 Å². The number of ether oxygens (including phenoxy) is 1. The summed E-state index contributed by atoms with van der Waals surface area (Å²) in [5.74, 6) is 0.484. The maximum absolute atomic E-state index is 13.5. The predicted octanol–water partition coefficient (Wildman–Crippen LogP) is 3.79. The monoisotopic (exact) mass is 577 g/mol. The predicted molar refractivity (Wildman–Crippen MR) is 158 cm³/mol. The number of aliphatic hydroxyl groups is 1. The van der Waals surface area contributed by atoms with Gasteiger partial charge in [0.2, 0.25) is 11.8 Å². The van der Waals surface area contributed by atoms with E-state index in [4.69, 9.17) is 9.26 Å². The number of fused-ring (bicyclic) bond motifs is 1. The maximum Gasteiger partial charge on any atom is 0.321 e. The molecule has 1 aliphatic heterocycles. The first-order chi connectivity index (χ1) is 20.0. The summed E-state index contributed by atoms with van der Waals surface area (Å²) >= 11 is 0. The molecule has 42 heavy (non-hydrogen) atoms. The lowest BCUT2D eigenvalue weighted by Gasteiger charge is -2.34. The first-order valence-corrected chi connectivity index (χ1v) is 14.0. The molecule has 4 amide bonds. The van der Waals surface area contributed by atoms with Gasteiger partial charge in [-0.1, -0.05) is 42.4 Å². The molecule has 0 bridgehead atoms. The molecule has 11 nitrogen and oxygen atoms in total. The average Bonchev–Trinajstić information content (AvgIpc) is 3.29. The van der Waals surface area contributed by atoms with Crippen molar-refractivity contribution in [3.8, 4) is 5.75 Å². The van der Waals surface area contributed by atoms with E-state index in [1.165, 1.54) is 4.90 Å². The number of nitrogens with one attached hydrogen (secondary N) is 2. The number of hydrogen-bond acceptors (Lipinski definition) is 7. The third kappa shape index (κ3) is 7.47. The van der Waals surface area contributed by atoms with Crippen LogP contribution in [0.15, 0.2) is 53.1 Å². The van der Waals surface area contributed by atoms with Gasteiger partial charge in [0.1, 0.15) is 23.2 Å². The lowest BCUT2D eigenvalue weighted by atomic mass is 10.0. The van der Waals surface area contributed by atoms with E-state index in [9.17, 15) is 19.5 Å². The van der Waals surface area contributed by atoms with Crippen LogP contribution in [0.5, 0.6) is 5.75 Å². The SMILES string of the molecule is Cc1noc(C)c1NC(=O)N(C)C[C@H]1Oc2ccc(NC(=O)Cc3ccccc3)cc2CC(=O)N([C@@H](C)CO)C[C@@H]1C. The van der Waals surface area contributed by atoms with E-state index < -0.39 is 12.1 Å². The molecular weight excluding hydrogens is 538 g/mol. The molecule has 224 valence electrons. The molecule has 0 saturated heterocycles. The Bertz CT molecular complexity index is 1390. The molecule has 11 heteroatoms. The standard InChI is InChI=1S/C31H39N5O6/c1-19-16-36(20(2)18-37)29(39)15-24-14-25(32-28(38)13-23-9-7-6-8-10-23)11-12-26(24)41-27(19)17-35(5)31(40)33-30-21(3)34-42-22(30)4/h6-12,14,19-20,27,37H,13,15-18H2,1-5H3,(H,32,38)(H,33,40)/t19-,20-,27+/m0/s1. The Labute approximate surface area is 245 Å². The largest absolute Gasteiger partial charge is 0.488 e. The number of carbonyl (C=O) groups is 3. The van der Waals surface area contributed by atoms with Crippen molar-refractivity contribution in [3.63, 3.8) is 0 Å². The number of nitrogens with zero attached hydrogens (tertiary/aromatic N) is 3. The van der Waals surface area contributed by atoms with Crippen molar-refractivity contribution in [1.82, 2.24) is 15.0 Å². The van der Waals surface area contributed by atoms with E-state index in [0.29, 0.717) is 40.7 Å². The van der Waals surface area contributed by atoms with Crippen LogP contribution in [-0.2, 0) is 22.4 Å². The van der Waals surface area contributed by atoms with E-state index in [1.54, 1.807) is 50.9 Å². The lowest BCUT2D eigenvalue weighted by molar-refractivity contribution is -0.134. The summed E-state index contributed by atoms with van der Waals surface area (Å²) in [5, 5.41) is 19.5. The number of amides is 4. The summed E-state index contributed by atoms with van der Waals surface area (Å²) in [4.78, 5) is 42.4. The zero-order valence-corrected chi connectivity index (χ0v) is 24.7. The fourth-order valence-electron chi connectivity index (χ4n) is 4.93. The summed E-state index contributed by atoms with van der Waals surface area (Å²) in [6, 6.07) is 13.9. The molecule has 3 atom stereocenters. The Morgan fingerprint density at radius 2 is 1.90 bits per heavy atom. The first-order valence-electron chi connectivity index (χ1n) is 14.0. The van der Waals surface area contributed by atoms with Crippen molar-refractivity contribution in [1.29, 1.82) is 0 Å². The fraction of sp³-hybridized carbons (Fsp3) is 0.419. The fourth-order valence-corrected chi connectivity index (χ4v) is 4.93. The molecule has 0 aliphatic carbocycles. The quantitative estimate of drug-likeness (QED) is 0.371. The van der Waals surface area contributed by atoms with Gasteiger partial charge in [0.15, 0.2) is 5.76 Å². The highest BCUT2D eigenvalue weighted by molar-refractivity contribution is 5.93. The Morgan fingerprint density at radius 3 is 2.57 bits per heavy atom. The minimum absolute atomic E-state index is 0.0316. The van der Waals surface area contributed by atoms with Crippen LogP contribution in [0, 0.1) is 19.8 Å². The van der Waals surface area contributed by atoms with Gasteiger partial charge in [-0.25, -0.2) is 4.79 Å². The number of aromatic nitrogens is 1. The summed E-state index contributed by atoms with van der Waals surface area (Å²) in [6.45, 7) is 7.59. The second-order valence-electron chi connectivity index (χ2n) is 10.9. The van der Waals surface area contributed by atoms with Crippen molar-refractivity contribution < 1.29 is 28.8 Å². The topological polar surface area (TPSA) is 137 Å². The van der Waals surface area contributed by atoms with E-state index in [0.717, 1.165) is 5.56 Å². The van der Waals surface area contributed by atoms with Gasteiger partial charge in [0.25, 0.3) is 0 Å². The van der Waals surface area contributed by atoms with Crippen LogP contribution < -0.4 is 15.4 Å². The number of hydrogen-bond donors (Lipinski definition) is 3. The zero-order chi connectivity index (χ0) is 30.4. The van der Waals surface area contributed by atoms with Crippen molar-refractivity contribution in [2.75, 3.05) is 37.4 Å². The van der Waals surface area contributed by atoms with E-state index in [-0.39, 0.29) is 49.8 Å². The Kier molecular flexibility index (Phi) is 9.84. The number of benzene rings is 2. The molecule has 1 aromatic heterocycles. The molecule has 0 fully saturated rings. The minimum atomic E-state index is -0.484. The van der Waals surface area contributed by atoms with Gasteiger partial charge in [-0.15, -0.1) is 0 Å². The van der Waals surface area contributed by atoms with E-state index in [2.05, 4.69) is 15.8 Å². The van der Waals surface area contributed by atoms with Gasteiger partial charge in [0, 0.05) is 30.8 Å². The second-order valence-corrected chi connectivity index (χ2v) is 10.9. The summed E-state index contributed by atoms with van der Waals surface area (Å²) in [7, 11) is 1.67. The van der Waals surface area contributed by atoms with E-state index >= 15 is 0 Å². The van der Waals surface area contributed by atoms with Gasteiger partial charge in [0.05, 0.1) is 32.0 Å². The zero-order valence-electron chi connectivity index (χ0n) is 24.7. The lowest BCUT2D eigenvalue weighted by Crippen LogP contribution is -2.48. The molecular formula is C31H39N5O6. The molecule has 3 N–H and O–H groups in total. The molecule has 2 heterocycles. The molecule has 0 saturated carbocycles. The van der Waals surface area contributed by atoms with Gasteiger partial charge >= 0.3 is 6.03 Å². The van der Waals surface area contributed by atoms with E-state index in [1.807, 2.05) is 37.3 Å². The minimum Gasteiger partial charge on any atom is -0.488 e. The van der Waals surface area contributed by atoms with Gasteiger partial charge in [-0.3, -0.25) is 9.59 Å². The summed E-state index contributed by atoms with van der Waals surface area (Å²) < 4.78 is 11.6. The van der Waals surface area contributed by atoms with Crippen LogP contribution in [0.1, 0.15) is 36.4 Å². The molecule has 4 rings (SSSR count). The summed E-state index contributed by atoms with van der Waals surface area (Å²) in [5.41, 5.74) is 3.15. The second kappa shape index (κ2) is 13.5. The molecule has 0 unspecified atom stereocenters. The third-order valence-electron chi connectivity index (χ3n) is 7.47. The molecule has 3 aromatic rings. The molecule has 0 spiro atoms. The number of rotatable bonds is 8. The molecule has 2 aromatic carbocycles. The number of aryl methyl sites for hydroxylation is 2. The van der Waals surface area contributed by atoms with Crippen LogP contribution in [0.4, 0.5) is 16.2 Å². The highest BCUT2D eigenvalue weighted by atomic mass is 16.5. The smallest absolute Gasteiger partial charge is 0.321 e. The highest BCUT2D eigenvalue weighted by Gasteiger charge is 2.32. The molecule has 1 aliphatic rings. The Balaban J connectivity index is 1.56. The normalized spacial score (nSPS) is 17.7. The van der Waals surface area contributed by atoms with Crippen molar-refractivity contribution in [2.45, 2.75) is 52.7 Å². The van der Waals surface area contributed by atoms with Crippen molar-refractivity contribution in [3.05, 3.63) is 71.1 Å². The number of urea groups is 1. The highest BCUT2D eigenvalue weighted by Crippen LogP contribution is 2.29. The van der Waals surface area contributed by atoms with Crippen LogP contribution in [0.25, 0.3) is 0 Å². The number of anilines is 2. The third-order valence-corrected chi connectivity index (χ3v) is 7.47. The average molecular weight is 578 g/mol. The van der Waals surface area contributed by atoms with Crippen LogP contribution in [0.3, 0.4) is 0 Å². The molecule has 0 radical (unpaired) electrons. The first kappa shape index (κ1) is 30.6. The van der Waals surface area contributed by atoms with Crippen LogP contribution in [-0.4, -0.2) is 76.8 Å². The number of carbonyl (C=O) groups excluding carboxylic acids is 3. The van der Waals surface area contributed by atoms with Crippen molar-refractivity contribution in [2.24, 2.45) is 5.92 Å². The maximum atomic E-state index is 13.5. The number of likely N-dealkylation sites (N-methyl/N-ethyl adjacent to an activating group) is 1. The summed E-state index contributed by atoms with van der Waals surface area (Å²) in [6.07, 6.45) is -0.233. The number of aliphatic hydroxyl groups excluding tert-OH is 1. The van der Waals surface area contributed by atoms with Crippen LogP contribution >= 0.6 is 0 Å². The van der Waals surface area contributed by atoms with Gasteiger partial charge < -0.3 is 34.8 Å².